The van der Waals surface area contributed by atoms with Crippen molar-refractivity contribution in [1.82, 2.24) is 14.8 Å². The molecule has 1 aliphatic rings. The average Bonchev–Trinajstić information content (AvgIpc) is 3.32. The molecule has 2 heterocycles. The summed E-state index contributed by atoms with van der Waals surface area (Å²) in [5, 5.41) is 4.27. The van der Waals surface area contributed by atoms with E-state index in [4.69, 9.17) is 14.2 Å². The van der Waals surface area contributed by atoms with Gasteiger partial charge in [0.2, 0.25) is 6.79 Å². The number of halogens is 1. The van der Waals surface area contributed by atoms with E-state index in [9.17, 15) is 4.79 Å². The molecule has 4 rings (SSSR count). The third kappa shape index (κ3) is 3.52. The number of hydrogen-bond acceptors (Lipinski definition) is 6. The lowest BCUT2D eigenvalue weighted by atomic mass is 10.1. The maximum Gasteiger partial charge on any atom is 0.336 e. The summed E-state index contributed by atoms with van der Waals surface area (Å²) in [6, 6.07) is 12.6. The van der Waals surface area contributed by atoms with Crippen LogP contribution in [0.15, 0.2) is 46.9 Å². The van der Waals surface area contributed by atoms with Gasteiger partial charge in [-0.2, -0.15) is 9.67 Å². The summed E-state index contributed by atoms with van der Waals surface area (Å²) in [7, 11) is 0. The Hall–Kier alpha value is -2.87. The Labute approximate surface area is 164 Å². The minimum Gasteiger partial charge on any atom is -0.462 e. The number of nitrogens with zero attached hydrogens (tertiary/aromatic N) is 3. The molecule has 7 nitrogen and oxygen atoms in total. The summed E-state index contributed by atoms with van der Waals surface area (Å²) in [4.78, 5) is 17.4. The zero-order valence-corrected chi connectivity index (χ0v) is 16.1. The lowest BCUT2D eigenvalue weighted by molar-refractivity contribution is 0.0944. The molecule has 0 bridgehead atoms. The predicted octanol–water partition coefficient (Wildman–Crippen LogP) is 3.91. The lowest BCUT2D eigenvalue weighted by Gasteiger charge is -2.05. The topological polar surface area (TPSA) is 75.5 Å². The maximum atomic E-state index is 13.0. The van der Waals surface area contributed by atoms with E-state index in [1.54, 1.807) is 36.4 Å². The van der Waals surface area contributed by atoms with Crippen molar-refractivity contribution in [2.75, 3.05) is 13.4 Å². The Bertz CT molecular complexity index is 985. The first-order chi connectivity index (χ1) is 13.2. The molecule has 0 unspecified atom stereocenters. The first kappa shape index (κ1) is 17.5. The molecule has 0 amide bonds. The first-order valence-electron chi connectivity index (χ1n) is 8.46. The number of ether oxygens (including phenoxy) is 3. The molecular formula is C19H16BrN3O4. The van der Waals surface area contributed by atoms with Gasteiger partial charge < -0.3 is 14.2 Å². The molecule has 1 aliphatic heterocycles. The van der Waals surface area contributed by atoms with Crippen LogP contribution in [-0.2, 0) is 0 Å². The number of carbonyl (C=O) groups excluding carboxylic acids is 1. The highest BCUT2D eigenvalue weighted by Gasteiger charge is 2.22. The summed E-state index contributed by atoms with van der Waals surface area (Å²) in [6.45, 7) is 2.63. The highest BCUT2D eigenvalue weighted by atomic mass is 79.9. The average molecular weight is 430 g/mol. The molecule has 0 saturated heterocycles. The van der Waals surface area contributed by atoms with E-state index >= 15 is 0 Å². The van der Waals surface area contributed by atoms with Crippen molar-refractivity contribution in [3.05, 3.63) is 52.5 Å². The number of aromatic nitrogens is 3. The van der Waals surface area contributed by atoms with E-state index in [1.807, 2.05) is 13.0 Å². The number of carbonyl (C=O) groups is 1. The second-order valence-corrected chi connectivity index (χ2v) is 6.77. The Balaban J connectivity index is 1.76. The van der Waals surface area contributed by atoms with E-state index in [0.717, 1.165) is 10.9 Å². The van der Waals surface area contributed by atoms with Gasteiger partial charge in [0.15, 0.2) is 17.3 Å². The van der Waals surface area contributed by atoms with Crippen molar-refractivity contribution in [2.24, 2.45) is 0 Å². The fourth-order valence-electron chi connectivity index (χ4n) is 2.63. The van der Waals surface area contributed by atoms with E-state index in [1.165, 1.54) is 4.68 Å². The molecule has 0 fully saturated rings. The van der Waals surface area contributed by atoms with Crippen LogP contribution in [0, 0.1) is 0 Å². The number of rotatable bonds is 5. The third-order valence-electron chi connectivity index (χ3n) is 3.94. The van der Waals surface area contributed by atoms with Crippen LogP contribution in [0.3, 0.4) is 0 Å². The van der Waals surface area contributed by atoms with Crippen molar-refractivity contribution >= 4 is 21.8 Å². The van der Waals surface area contributed by atoms with Crippen LogP contribution in [0.5, 0.6) is 17.5 Å². The summed E-state index contributed by atoms with van der Waals surface area (Å²) in [5.41, 5.74) is 1.18. The molecule has 27 heavy (non-hydrogen) atoms. The zero-order chi connectivity index (χ0) is 18.8. The van der Waals surface area contributed by atoms with Crippen LogP contribution < -0.4 is 14.2 Å². The Kier molecular flexibility index (Phi) is 4.81. The summed E-state index contributed by atoms with van der Waals surface area (Å²) >= 11 is 3.37. The highest BCUT2D eigenvalue weighted by Crippen LogP contribution is 2.36. The standard InChI is InChI=1S/C19H16BrN3O4/c1-2-9-25-19-21-17(13-5-8-15-16(10-13)27-11-26-15)23(22-19)18(24)12-3-6-14(20)7-4-12/h3-8,10H,2,9,11H2,1H3. The van der Waals surface area contributed by atoms with E-state index in [2.05, 4.69) is 26.0 Å². The zero-order valence-electron chi connectivity index (χ0n) is 14.5. The van der Waals surface area contributed by atoms with Crippen molar-refractivity contribution in [3.63, 3.8) is 0 Å². The molecule has 1 aromatic heterocycles. The molecular weight excluding hydrogens is 414 g/mol. The molecule has 0 radical (unpaired) electrons. The van der Waals surface area contributed by atoms with Crippen LogP contribution >= 0.6 is 15.9 Å². The van der Waals surface area contributed by atoms with E-state index < -0.39 is 0 Å². The minimum atomic E-state index is -0.297. The summed E-state index contributed by atoms with van der Waals surface area (Å²) in [5.74, 6) is 1.35. The molecule has 0 saturated carbocycles. The molecule has 8 heteroatoms. The molecule has 3 aromatic rings. The largest absolute Gasteiger partial charge is 0.462 e. The van der Waals surface area contributed by atoms with Gasteiger partial charge in [-0.15, -0.1) is 5.10 Å². The second kappa shape index (κ2) is 7.40. The number of fused-ring (bicyclic) bond motifs is 1. The summed E-state index contributed by atoms with van der Waals surface area (Å²) < 4.78 is 18.5. The Morgan fingerprint density at radius 1 is 1.19 bits per heavy atom. The second-order valence-electron chi connectivity index (χ2n) is 5.86. The SMILES string of the molecule is CCCOc1nc(-c2ccc3c(c2)OCO3)n(C(=O)c2ccc(Br)cc2)n1. The minimum absolute atomic E-state index is 0.162. The first-order valence-corrected chi connectivity index (χ1v) is 9.25. The highest BCUT2D eigenvalue weighted by molar-refractivity contribution is 9.10. The van der Waals surface area contributed by atoms with Crippen LogP contribution in [0.4, 0.5) is 0 Å². The van der Waals surface area contributed by atoms with Gasteiger partial charge in [0, 0.05) is 15.6 Å². The van der Waals surface area contributed by atoms with Crippen molar-refractivity contribution in [3.8, 4) is 28.9 Å². The molecule has 0 N–H and O–H groups in total. The Morgan fingerprint density at radius 2 is 1.96 bits per heavy atom. The normalized spacial score (nSPS) is 12.2. The van der Waals surface area contributed by atoms with Gasteiger partial charge in [-0.3, -0.25) is 4.79 Å². The molecule has 0 aliphatic carbocycles. The molecule has 2 aromatic carbocycles. The maximum absolute atomic E-state index is 13.0. The number of benzene rings is 2. The lowest BCUT2D eigenvalue weighted by Crippen LogP contribution is -2.15. The third-order valence-corrected chi connectivity index (χ3v) is 4.47. The van der Waals surface area contributed by atoms with Crippen LogP contribution in [0.1, 0.15) is 23.7 Å². The van der Waals surface area contributed by atoms with Crippen LogP contribution in [-0.4, -0.2) is 34.1 Å². The molecule has 0 atom stereocenters. The van der Waals surface area contributed by atoms with Gasteiger partial charge in [0.1, 0.15) is 0 Å². The smallest absolute Gasteiger partial charge is 0.336 e. The van der Waals surface area contributed by atoms with Gasteiger partial charge in [0.05, 0.1) is 6.61 Å². The van der Waals surface area contributed by atoms with Gasteiger partial charge in [-0.05, 0) is 48.9 Å². The monoisotopic (exact) mass is 429 g/mol. The number of hydrogen-bond donors (Lipinski definition) is 0. The fourth-order valence-corrected chi connectivity index (χ4v) is 2.89. The van der Waals surface area contributed by atoms with Gasteiger partial charge in [-0.1, -0.05) is 22.9 Å². The Morgan fingerprint density at radius 3 is 2.74 bits per heavy atom. The quantitative estimate of drug-likeness (QED) is 0.611. The van der Waals surface area contributed by atoms with Crippen molar-refractivity contribution in [2.45, 2.75) is 13.3 Å². The van der Waals surface area contributed by atoms with E-state index in [-0.39, 0.29) is 18.7 Å². The van der Waals surface area contributed by atoms with Crippen LogP contribution in [0.25, 0.3) is 11.4 Å². The molecule has 138 valence electrons. The van der Waals surface area contributed by atoms with Crippen LogP contribution in [0.2, 0.25) is 0 Å². The van der Waals surface area contributed by atoms with Crippen molar-refractivity contribution in [1.29, 1.82) is 0 Å². The summed E-state index contributed by atoms with van der Waals surface area (Å²) in [6.07, 6.45) is 0.814. The van der Waals surface area contributed by atoms with Gasteiger partial charge in [0.25, 0.3) is 5.91 Å². The van der Waals surface area contributed by atoms with Crippen molar-refractivity contribution < 1.29 is 19.0 Å². The predicted molar refractivity (Wildman–Crippen MR) is 101 cm³/mol. The van der Waals surface area contributed by atoms with E-state index in [0.29, 0.717) is 35.1 Å². The van der Waals surface area contributed by atoms with Gasteiger partial charge in [-0.25, -0.2) is 0 Å². The van der Waals surface area contributed by atoms with Gasteiger partial charge >= 0.3 is 6.01 Å². The fraction of sp³-hybridized carbons (Fsp3) is 0.211. The molecule has 0 spiro atoms.